The second-order valence-corrected chi connectivity index (χ2v) is 7.11. The molecule has 0 saturated heterocycles. The monoisotopic (exact) mass is 334 g/mol. The van der Waals surface area contributed by atoms with Gasteiger partial charge in [-0.1, -0.05) is 12.1 Å². The van der Waals surface area contributed by atoms with E-state index in [0.717, 1.165) is 23.5 Å². The first-order valence-electron chi connectivity index (χ1n) is 7.64. The number of hydrogen-bond acceptors (Lipinski definition) is 4. The number of carbonyl (C=O) groups excluding carboxylic acids is 1. The molecule has 1 amide bonds. The van der Waals surface area contributed by atoms with Crippen LogP contribution in [0.25, 0.3) is 0 Å². The van der Waals surface area contributed by atoms with Crippen molar-refractivity contribution < 1.29 is 14.3 Å². The van der Waals surface area contributed by atoms with Crippen LogP contribution in [0, 0.1) is 19.7 Å². The second-order valence-electron chi connectivity index (χ2n) is 5.90. The third-order valence-electron chi connectivity index (χ3n) is 3.97. The highest BCUT2D eigenvalue weighted by molar-refractivity contribution is 7.13. The fourth-order valence-electron chi connectivity index (χ4n) is 2.62. The predicted octanol–water partition coefficient (Wildman–Crippen LogP) is 3.24. The molecule has 0 radical (unpaired) electrons. The Bertz CT molecular complexity index is 710. The van der Waals surface area contributed by atoms with E-state index in [1.165, 1.54) is 23.5 Å². The summed E-state index contributed by atoms with van der Waals surface area (Å²) < 4.78 is 13.0. The number of aliphatic hydroxyl groups is 1. The summed E-state index contributed by atoms with van der Waals surface area (Å²) in [7, 11) is 0. The van der Waals surface area contributed by atoms with Gasteiger partial charge in [0.05, 0.1) is 23.4 Å². The van der Waals surface area contributed by atoms with Gasteiger partial charge < -0.3 is 10.0 Å². The molecule has 4 nitrogen and oxygen atoms in total. The first-order chi connectivity index (χ1) is 11.0. The summed E-state index contributed by atoms with van der Waals surface area (Å²) in [5, 5.41) is 11.3. The van der Waals surface area contributed by atoms with E-state index >= 15 is 0 Å². The van der Waals surface area contributed by atoms with Crippen molar-refractivity contribution in [2.75, 3.05) is 6.54 Å². The molecule has 0 spiro atoms. The van der Waals surface area contributed by atoms with E-state index in [1.54, 1.807) is 17.0 Å². The molecule has 23 heavy (non-hydrogen) atoms. The maximum atomic E-state index is 13.0. The SMILES string of the molecule is Cc1nc(C)c(C(=O)N(CC(O)c2ccc(F)cc2)C2CC2)s1. The van der Waals surface area contributed by atoms with Crippen LogP contribution < -0.4 is 0 Å². The Morgan fingerprint density at radius 2 is 2.04 bits per heavy atom. The molecule has 3 rings (SSSR count). The van der Waals surface area contributed by atoms with Gasteiger partial charge in [-0.15, -0.1) is 11.3 Å². The van der Waals surface area contributed by atoms with E-state index in [4.69, 9.17) is 0 Å². The van der Waals surface area contributed by atoms with Gasteiger partial charge in [-0.3, -0.25) is 4.79 Å². The minimum atomic E-state index is -0.825. The van der Waals surface area contributed by atoms with Crippen molar-refractivity contribution in [1.29, 1.82) is 0 Å². The molecular formula is C17H19FN2O2S. The van der Waals surface area contributed by atoms with Gasteiger partial charge in [0.1, 0.15) is 10.7 Å². The van der Waals surface area contributed by atoms with Gasteiger partial charge in [0.15, 0.2) is 0 Å². The van der Waals surface area contributed by atoms with Crippen LogP contribution in [-0.4, -0.2) is 33.5 Å². The lowest BCUT2D eigenvalue weighted by Crippen LogP contribution is -2.36. The molecule has 2 aromatic rings. The molecule has 1 unspecified atom stereocenters. The lowest BCUT2D eigenvalue weighted by atomic mass is 10.1. The van der Waals surface area contributed by atoms with Gasteiger partial charge in [0.25, 0.3) is 5.91 Å². The van der Waals surface area contributed by atoms with Gasteiger partial charge in [-0.2, -0.15) is 0 Å². The topological polar surface area (TPSA) is 53.4 Å². The largest absolute Gasteiger partial charge is 0.387 e. The zero-order valence-corrected chi connectivity index (χ0v) is 13.9. The Labute approximate surface area is 138 Å². The van der Waals surface area contributed by atoms with Crippen LogP contribution in [-0.2, 0) is 0 Å². The predicted molar refractivity (Wildman–Crippen MR) is 87.0 cm³/mol. The quantitative estimate of drug-likeness (QED) is 0.913. The van der Waals surface area contributed by atoms with Crippen molar-refractivity contribution in [1.82, 2.24) is 9.88 Å². The number of rotatable bonds is 5. The van der Waals surface area contributed by atoms with Crippen molar-refractivity contribution in [2.24, 2.45) is 0 Å². The molecule has 6 heteroatoms. The molecule has 1 aliphatic rings. The summed E-state index contributed by atoms with van der Waals surface area (Å²) in [5.41, 5.74) is 1.35. The van der Waals surface area contributed by atoms with Crippen LogP contribution in [0.15, 0.2) is 24.3 Å². The number of thiazole rings is 1. The molecule has 122 valence electrons. The molecule has 1 fully saturated rings. The molecule has 1 atom stereocenters. The molecule has 1 aromatic heterocycles. The van der Waals surface area contributed by atoms with Crippen molar-refractivity contribution in [3.05, 3.63) is 51.2 Å². The number of hydrogen-bond donors (Lipinski definition) is 1. The van der Waals surface area contributed by atoms with Crippen LogP contribution in [0.2, 0.25) is 0 Å². The van der Waals surface area contributed by atoms with Crippen LogP contribution in [0.4, 0.5) is 4.39 Å². The number of halogens is 1. The van der Waals surface area contributed by atoms with E-state index < -0.39 is 6.10 Å². The highest BCUT2D eigenvalue weighted by Gasteiger charge is 2.35. The van der Waals surface area contributed by atoms with E-state index in [0.29, 0.717) is 10.4 Å². The van der Waals surface area contributed by atoms with Crippen LogP contribution in [0.1, 0.15) is 44.9 Å². The minimum absolute atomic E-state index is 0.0724. The van der Waals surface area contributed by atoms with E-state index in [2.05, 4.69) is 4.98 Å². The Balaban J connectivity index is 1.78. The first-order valence-corrected chi connectivity index (χ1v) is 8.46. The molecular weight excluding hydrogens is 315 g/mol. The van der Waals surface area contributed by atoms with Gasteiger partial charge in [-0.25, -0.2) is 9.37 Å². The molecule has 1 aromatic carbocycles. The number of aryl methyl sites for hydroxylation is 2. The standard InChI is InChI=1S/C17H19FN2O2S/c1-10-16(23-11(2)19-10)17(22)20(14-7-8-14)9-15(21)12-3-5-13(18)6-4-12/h3-6,14-15,21H,7-9H2,1-2H3. The summed E-state index contributed by atoms with van der Waals surface area (Å²) in [6, 6.07) is 5.92. The molecule has 0 bridgehead atoms. The normalized spacial score (nSPS) is 15.5. The maximum absolute atomic E-state index is 13.0. The third-order valence-corrected chi connectivity index (χ3v) is 5.03. The number of aromatic nitrogens is 1. The summed E-state index contributed by atoms with van der Waals surface area (Å²) in [5.74, 6) is -0.413. The van der Waals surface area contributed by atoms with Crippen LogP contribution in [0.3, 0.4) is 0 Å². The molecule has 1 aliphatic carbocycles. The number of aliphatic hydroxyl groups excluding tert-OH is 1. The molecule has 1 N–H and O–H groups in total. The molecule has 0 aliphatic heterocycles. The average Bonchev–Trinajstić information content (AvgIpc) is 3.29. The number of amides is 1. The first kappa shape index (κ1) is 16.1. The van der Waals surface area contributed by atoms with E-state index in [9.17, 15) is 14.3 Å². The van der Waals surface area contributed by atoms with Gasteiger partial charge in [0.2, 0.25) is 0 Å². The lowest BCUT2D eigenvalue weighted by Gasteiger charge is -2.25. The maximum Gasteiger partial charge on any atom is 0.266 e. The Morgan fingerprint density at radius 3 is 2.57 bits per heavy atom. The van der Waals surface area contributed by atoms with Crippen molar-refractivity contribution in [3.8, 4) is 0 Å². The van der Waals surface area contributed by atoms with E-state index in [1.807, 2.05) is 13.8 Å². The van der Waals surface area contributed by atoms with Crippen LogP contribution in [0.5, 0.6) is 0 Å². The highest BCUT2D eigenvalue weighted by atomic mass is 32.1. The van der Waals surface area contributed by atoms with Gasteiger partial charge >= 0.3 is 0 Å². The second kappa shape index (κ2) is 6.37. The fraction of sp³-hybridized carbons (Fsp3) is 0.412. The van der Waals surface area contributed by atoms with E-state index in [-0.39, 0.29) is 24.3 Å². The zero-order valence-electron chi connectivity index (χ0n) is 13.1. The lowest BCUT2D eigenvalue weighted by molar-refractivity contribution is 0.0606. The van der Waals surface area contributed by atoms with Crippen LogP contribution >= 0.6 is 11.3 Å². The zero-order chi connectivity index (χ0) is 16.6. The Hall–Kier alpha value is -1.79. The molecule has 1 heterocycles. The summed E-state index contributed by atoms with van der Waals surface area (Å²) >= 11 is 1.39. The van der Waals surface area contributed by atoms with Gasteiger partial charge in [0, 0.05) is 6.04 Å². The van der Waals surface area contributed by atoms with Crippen molar-refractivity contribution >= 4 is 17.2 Å². The van der Waals surface area contributed by atoms with Crippen molar-refractivity contribution in [3.63, 3.8) is 0 Å². The average molecular weight is 334 g/mol. The summed E-state index contributed by atoms with van der Waals surface area (Å²) in [6.07, 6.45) is 1.09. The smallest absolute Gasteiger partial charge is 0.266 e. The Morgan fingerprint density at radius 1 is 1.39 bits per heavy atom. The fourth-order valence-corrected chi connectivity index (χ4v) is 3.50. The number of nitrogens with zero attached hydrogens (tertiary/aromatic N) is 2. The van der Waals surface area contributed by atoms with Crippen molar-refractivity contribution in [2.45, 2.75) is 38.8 Å². The third kappa shape index (κ3) is 3.59. The minimum Gasteiger partial charge on any atom is -0.387 e. The molecule has 1 saturated carbocycles. The highest BCUT2D eigenvalue weighted by Crippen LogP contribution is 2.32. The Kier molecular flexibility index (Phi) is 4.46. The number of carbonyl (C=O) groups is 1. The summed E-state index contributed by atoms with van der Waals surface area (Å²) in [6.45, 7) is 3.92. The van der Waals surface area contributed by atoms with Gasteiger partial charge in [-0.05, 0) is 44.4 Å². The summed E-state index contributed by atoms with van der Waals surface area (Å²) in [4.78, 5) is 19.5. The number of benzene rings is 1.